The van der Waals surface area contributed by atoms with Crippen molar-refractivity contribution in [2.24, 2.45) is 0 Å². The molecule has 0 amide bonds. The fourth-order valence-corrected chi connectivity index (χ4v) is 0. The molecule has 0 saturated carbocycles. The van der Waals surface area contributed by atoms with Gasteiger partial charge in [-0.2, -0.15) is 8.42 Å². The lowest BCUT2D eigenvalue weighted by Gasteiger charge is -1.80. The summed E-state index contributed by atoms with van der Waals surface area (Å²) in [6.07, 6.45) is 0. The third-order valence-corrected chi connectivity index (χ3v) is 0.692. The molecule has 0 aliphatic rings. The molecular formula is CH4NO3S. The van der Waals surface area contributed by atoms with E-state index < -0.39 is 10.3 Å². The standard InChI is InChI=1S/CH4NO3S/c1-2-6(3,4)5/h1H3,(H,3,4,5). The van der Waals surface area contributed by atoms with Crippen molar-refractivity contribution in [3.05, 3.63) is 0 Å². The minimum atomic E-state index is -4.04. The minimum Gasteiger partial charge on any atom is -0.272 e. The van der Waals surface area contributed by atoms with Crippen LogP contribution in [0.2, 0.25) is 0 Å². The summed E-state index contributed by atoms with van der Waals surface area (Å²) in [5.41, 5.74) is 0. The van der Waals surface area contributed by atoms with Gasteiger partial charge in [0.05, 0.1) is 0 Å². The molecule has 0 aliphatic carbocycles. The van der Waals surface area contributed by atoms with Gasteiger partial charge in [-0.25, -0.2) is 0 Å². The second-order valence-corrected chi connectivity index (χ2v) is 1.89. The van der Waals surface area contributed by atoms with Crippen LogP contribution in [0, 0.1) is 0 Å². The highest BCUT2D eigenvalue weighted by Crippen LogP contribution is 1.65. The van der Waals surface area contributed by atoms with Crippen LogP contribution in [0.15, 0.2) is 0 Å². The lowest BCUT2D eigenvalue weighted by atomic mass is 11.6. The van der Waals surface area contributed by atoms with Crippen LogP contribution in [0.3, 0.4) is 0 Å². The smallest absolute Gasteiger partial charge is 0.272 e. The SMILES string of the molecule is C[N]S(=O)(=O)O. The van der Waals surface area contributed by atoms with E-state index in [0.717, 1.165) is 7.05 Å². The Morgan fingerprint density at radius 1 is 1.67 bits per heavy atom. The molecule has 1 N–H and O–H groups in total. The molecule has 0 heterocycles. The maximum atomic E-state index is 9.39. The maximum Gasteiger partial charge on any atom is 0.349 e. The summed E-state index contributed by atoms with van der Waals surface area (Å²) in [4.78, 5) is 0. The van der Waals surface area contributed by atoms with E-state index in [0.29, 0.717) is 0 Å². The number of nitrogens with zero attached hydrogens (tertiary/aromatic N) is 1. The van der Waals surface area contributed by atoms with E-state index in [2.05, 4.69) is 4.72 Å². The Bertz CT molecular complexity index is 113. The van der Waals surface area contributed by atoms with Gasteiger partial charge in [0.25, 0.3) is 0 Å². The molecule has 6 heavy (non-hydrogen) atoms. The fourth-order valence-electron chi connectivity index (χ4n) is 0. The van der Waals surface area contributed by atoms with Gasteiger partial charge in [-0.3, -0.25) is 4.55 Å². The summed E-state index contributed by atoms with van der Waals surface area (Å²) in [6, 6.07) is 0. The first-order valence-corrected chi connectivity index (χ1v) is 2.54. The Kier molecular flexibility index (Phi) is 1.51. The van der Waals surface area contributed by atoms with Crippen molar-refractivity contribution in [1.29, 1.82) is 0 Å². The van der Waals surface area contributed by atoms with E-state index in [1.807, 2.05) is 0 Å². The topological polar surface area (TPSA) is 68.5 Å². The van der Waals surface area contributed by atoms with Crippen molar-refractivity contribution in [2.45, 2.75) is 0 Å². The first kappa shape index (κ1) is 5.87. The third-order valence-electron chi connectivity index (χ3n) is 0.231. The van der Waals surface area contributed by atoms with Gasteiger partial charge in [0.2, 0.25) is 0 Å². The number of rotatable bonds is 1. The van der Waals surface area contributed by atoms with Crippen LogP contribution in [0.25, 0.3) is 0 Å². The highest BCUT2D eigenvalue weighted by molar-refractivity contribution is 7.83. The molecule has 0 aliphatic heterocycles. The first-order chi connectivity index (χ1) is 2.56. The van der Waals surface area contributed by atoms with Gasteiger partial charge in [0, 0.05) is 7.05 Å². The molecule has 0 bridgehead atoms. The Morgan fingerprint density at radius 2 is 1.83 bits per heavy atom. The van der Waals surface area contributed by atoms with Crippen LogP contribution in [0.5, 0.6) is 0 Å². The normalized spacial score (nSPS) is 11.7. The van der Waals surface area contributed by atoms with E-state index in [1.165, 1.54) is 0 Å². The Balaban J connectivity index is 3.85. The fraction of sp³-hybridized carbons (Fsp3) is 1.00. The van der Waals surface area contributed by atoms with Crippen molar-refractivity contribution in [1.82, 2.24) is 4.72 Å². The van der Waals surface area contributed by atoms with Crippen LogP contribution in [0.1, 0.15) is 0 Å². The predicted octanol–water partition coefficient (Wildman–Crippen LogP) is -0.977. The highest BCUT2D eigenvalue weighted by atomic mass is 32.2. The minimum absolute atomic E-state index is 0.995. The van der Waals surface area contributed by atoms with Crippen LogP contribution in [-0.2, 0) is 10.3 Å². The van der Waals surface area contributed by atoms with Gasteiger partial charge < -0.3 is 0 Å². The lowest BCUT2D eigenvalue weighted by molar-refractivity contribution is 0.472. The second kappa shape index (κ2) is 1.55. The molecular weight excluding hydrogens is 106 g/mol. The maximum absolute atomic E-state index is 9.39. The molecule has 0 aromatic carbocycles. The molecule has 1 radical (unpaired) electrons. The van der Waals surface area contributed by atoms with Crippen molar-refractivity contribution in [2.75, 3.05) is 7.05 Å². The first-order valence-electron chi connectivity index (χ1n) is 1.15. The zero-order valence-electron chi connectivity index (χ0n) is 3.12. The van der Waals surface area contributed by atoms with E-state index in [9.17, 15) is 8.42 Å². The summed E-state index contributed by atoms with van der Waals surface area (Å²) in [5, 5.41) is 0. The molecule has 0 rings (SSSR count). The van der Waals surface area contributed by atoms with E-state index in [4.69, 9.17) is 4.55 Å². The van der Waals surface area contributed by atoms with E-state index in [1.54, 1.807) is 0 Å². The molecule has 0 unspecified atom stereocenters. The van der Waals surface area contributed by atoms with Gasteiger partial charge >= 0.3 is 10.3 Å². The Labute approximate surface area is 36.1 Å². The van der Waals surface area contributed by atoms with Crippen molar-refractivity contribution < 1.29 is 13.0 Å². The zero-order valence-corrected chi connectivity index (χ0v) is 3.94. The molecule has 4 nitrogen and oxygen atoms in total. The molecule has 5 heteroatoms. The summed E-state index contributed by atoms with van der Waals surface area (Å²) in [6.45, 7) is 0. The molecule has 0 spiro atoms. The molecule has 0 fully saturated rings. The predicted molar refractivity (Wildman–Crippen MR) is 19.6 cm³/mol. The van der Waals surface area contributed by atoms with Gasteiger partial charge in [0.15, 0.2) is 0 Å². The largest absolute Gasteiger partial charge is 0.349 e. The Hall–Kier alpha value is -0.130. The summed E-state index contributed by atoms with van der Waals surface area (Å²) >= 11 is 0. The van der Waals surface area contributed by atoms with E-state index in [-0.39, 0.29) is 0 Å². The number of hydrogen-bond donors (Lipinski definition) is 1. The summed E-state index contributed by atoms with van der Waals surface area (Å²) < 4.78 is 29.0. The Morgan fingerprint density at radius 3 is 1.83 bits per heavy atom. The van der Waals surface area contributed by atoms with E-state index >= 15 is 0 Å². The van der Waals surface area contributed by atoms with Crippen molar-refractivity contribution in [3.8, 4) is 0 Å². The van der Waals surface area contributed by atoms with Gasteiger partial charge in [-0.05, 0) is 0 Å². The molecule has 0 aromatic heterocycles. The second-order valence-electron chi connectivity index (χ2n) is 0.630. The zero-order chi connectivity index (χ0) is 5.21. The molecule has 37 valence electrons. The van der Waals surface area contributed by atoms with Crippen molar-refractivity contribution >= 4 is 10.3 Å². The monoisotopic (exact) mass is 110 g/mol. The van der Waals surface area contributed by atoms with Gasteiger partial charge in [-0.1, -0.05) is 4.72 Å². The quantitative estimate of drug-likeness (QED) is 0.441. The molecule has 0 saturated heterocycles. The van der Waals surface area contributed by atoms with Gasteiger partial charge in [0.1, 0.15) is 0 Å². The van der Waals surface area contributed by atoms with Crippen LogP contribution >= 0.6 is 0 Å². The lowest BCUT2D eigenvalue weighted by Crippen LogP contribution is -2.08. The van der Waals surface area contributed by atoms with Crippen LogP contribution < -0.4 is 4.72 Å². The van der Waals surface area contributed by atoms with Gasteiger partial charge in [-0.15, -0.1) is 0 Å². The third kappa shape index (κ3) is 3.87. The van der Waals surface area contributed by atoms with Crippen molar-refractivity contribution in [3.63, 3.8) is 0 Å². The average molecular weight is 110 g/mol. The summed E-state index contributed by atoms with van der Waals surface area (Å²) in [5.74, 6) is 0. The molecule has 0 aromatic rings. The van der Waals surface area contributed by atoms with Crippen LogP contribution in [-0.4, -0.2) is 20.0 Å². The van der Waals surface area contributed by atoms with Crippen LogP contribution in [0.4, 0.5) is 0 Å². The average Bonchev–Trinajstić information content (AvgIpc) is 1.35. The number of hydrogen-bond acceptors (Lipinski definition) is 2. The molecule has 0 atom stereocenters. The summed E-state index contributed by atoms with van der Waals surface area (Å²) in [7, 11) is -3.04. The highest BCUT2D eigenvalue weighted by Gasteiger charge is 1.94.